The third kappa shape index (κ3) is 4.35. The average Bonchev–Trinajstić information content (AvgIpc) is 2.65. The van der Waals surface area contributed by atoms with Gasteiger partial charge in [0.15, 0.2) is 0 Å². The second kappa shape index (κ2) is 7.66. The maximum Gasteiger partial charge on any atom is 0.416 e. The molecule has 0 aromatic heterocycles. The topological polar surface area (TPSA) is 49.4 Å². The van der Waals surface area contributed by atoms with Crippen molar-refractivity contribution in [2.45, 2.75) is 39.0 Å². The van der Waals surface area contributed by atoms with Crippen LogP contribution in [0.25, 0.3) is 11.1 Å². The van der Waals surface area contributed by atoms with Crippen LogP contribution >= 0.6 is 0 Å². The molecule has 1 heterocycles. The first kappa shape index (κ1) is 19.9. The summed E-state index contributed by atoms with van der Waals surface area (Å²) >= 11 is 0. The van der Waals surface area contributed by atoms with Gasteiger partial charge >= 0.3 is 6.18 Å². The van der Waals surface area contributed by atoms with Gasteiger partial charge in [-0.2, -0.15) is 13.2 Å². The molecule has 7 heteroatoms. The van der Waals surface area contributed by atoms with Crippen molar-refractivity contribution in [1.82, 2.24) is 10.2 Å². The molecule has 4 nitrogen and oxygen atoms in total. The minimum absolute atomic E-state index is 0.152. The molecule has 0 spiro atoms. The number of benzene rings is 2. The van der Waals surface area contributed by atoms with Crippen LogP contribution in [0.5, 0.6) is 0 Å². The van der Waals surface area contributed by atoms with Crippen molar-refractivity contribution >= 4 is 11.8 Å². The fraction of sp³-hybridized carbons (Fsp3) is 0.333. The zero-order valence-corrected chi connectivity index (χ0v) is 15.6. The van der Waals surface area contributed by atoms with E-state index < -0.39 is 17.8 Å². The molecular weight excluding hydrogens is 369 g/mol. The molecule has 148 valence electrons. The molecule has 1 aliphatic rings. The fourth-order valence-electron chi connectivity index (χ4n) is 3.42. The molecular formula is C21H21F3N2O2. The standard InChI is InChI=1S/C21H21F3N2O2/c1-13(25-14(2)27)20(28)26-10-9-16-3-4-17(11-18(16)12-26)15-5-7-19(8-6-15)21(22,23)24/h3-8,11,13H,9-10,12H2,1-2H3,(H,25,27)/t13-/m1/s1. The Labute approximate surface area is 161 Å². The number of amides is 2. The van der Waals surface area contributed by atoms with Crippen molar-refractivity contribution < 1.29 is 22.8 Å². The summed E-state index contributed by atoms with van der Waals surface area (Å²) in [6.45, 7) is 3.99. The molecule has 0 fully saturated rings. The lowest BCUT2D eigenvalue weighted by Crippen LogP contribution is -2.47. The van der Waals surface area contributed by atoms with Gasteiger partial charge in [-0.05, 0) is 53.8 Å². The maximum atomic E-state index is 12.7. The molecule has 0 aliphatic carbocycles. The van der Waals surface area contributed by atoms with E-state index in [1.54, 1.807) is 11.8 Å². The Morgan fingerprint density at radius 1 is 1.04 bits per heavy atom. The van der Waals surface area contributed by atoms with E-state index in [1.165, 1.54) is 19.1 Å². The summed E-state index contributed by atoms with van der Waals surface area (Å²) in [6.07, 6.45) is -3.67. The van der Waals surface area contributed by atoms with Crippen molar-refractivity contribution in [2.75, 3.05) is 6.54 Å². The summed E-state index contributed by atoms with van der Waals surface area (Å²) < 4.78 is 38.2. The third-order valence-electron chi connectivity index (χ3n) is 4.87. The molecule has 3 rings (SSSR count). The molecule has 0 bridgehead atoms. The molecule has 1 atom stereocenters. The van der Waals surface area contributed by atoms with Crippen LogP contribution in [0, 0.1) is 0 Å². The SMILES string of the molecule is CC(=O)N[C@H](C)C(=O)N1CCc2ccc(-c3ccc(C(F)(F)F)cc3)cc2C1. The smallest absolute Gasteiger partial charge is 0.345 e. The molecule has 0 saturated carbocycles. The largest absolute Gasteiger partial charge is 0.416 e. The molecule has 0 radical (unpaired) electrons. The van der Waals surface area contributed by atoms with Gasteiger partial charge in [-0.1, -0.05) is 24.3 Å². The minimum Gasteiger partial charge on any atom is -0.345 e. The highest BCUT2D eigenvalue weighted by Gasteiger charge is 2.30. The van der Waals surface area contributed by atoms with E-state index in [2.05, 4.69) is 5.32 Å². The van der Waals surface area contributed by atoms with Gasteiger partial charge in [-0.25, -0.2) is 0 Å². The monoisotopic (exact) mass is 390 g/mol. The Morgan fingerprint density at radius 2 is 1.68 bits per heavy atom. The lowest BCUT2D eigenvalue weighted by Gasteiger charge is -2.31. The number of carbonyl (C=O) groups excluding carboxylic acids is 2. The van der Waals surface area contributed by atoms with Crippen molar-refractivity contribution in [2.24, 2.45) is 0 Å². The number of halogens is 3. The highest BCUT2D eigenvalue weighted by atomic mass is 19.4. The van der Waals surface area contributed by atoms with Gasteiger partial charge in [0, 0.05) is 20.0 Å². The van der Waals surface area contributed by atoms with Gasteiger partial charge in [0.25, 0.3) is 0 Å². The third-order valence-corrected chi connectivity index (χ3v) is 4.87. The van der Waals surface area contributed by atoms with Gasteiger partial charge in [0.1, 0.15) is 6.04 Å². The number of rotatable bonds is 3. The fourth-order valence-corrected chi connectivity index (χ4v) is 3.42. The summed E-state index contributed by atoms with van der Waals surface area (Å²) in [7, 11) is 0. The van der Waals surface area contributed by atoms with E-state index in [1.807, 2.05) is 18.2 Å². The average molecular weight is 390 g/mol. The first-order valence-electron chi connectivity index (χ1n) is 9.00. The highest BCUT2D eigenvalue weighted by molar-refractivity contribution is 5.86. The van der Waals surface area contributed by atoms with Crippen LogP contribution in [0.15, 0.2) is 42.5 Å². The number of alkyl halides is 3. The predicted octanol–water partition coefficient (Wildman–Crippen LogP) is 3.78. The van der Waals surface area contributed by atoms with Crippen molar-refractivity contribution in [1.29, 1.82) is 0 Å². The van der Waals surface area contributed by atoms with E-state index in [0.717, 1.165) is 28.8 Å². The summed E-state index contributed by atoms with van der Waals surface area (Å²) in [4.78, 5) is 25.4. The second-order valence-corrected chi connectivity index (χ2v) is 6.99. The minimum atomic E-state index is -4.36. The molecule has 2 aromatic carbocycles. The molecule has 2 aromatic rings. The van der Waals surface area contributed by atoms with Crippen LogP contribution < -0.4 is 5.32 Å². The van der Waals surface area contributed by atoms with E-state index >= 15 is 0 Å². The summed E-state index contributed by atoms with van der Waals surface area (Å²) in [5.41, 5.74) is 2.89. The second-order valence-electron chi connectivity index (χ2n) is 6.99. The lowest BCUT2D eigenvalue weighted by molar-refractivity contribution is -0.137. The molecule has 28 heavy (non-hydrogen) atoms. The molecule has 0 saturated heterocycles. The number of carbonyl (C=O) groups is 2. The highest BCUT2D eigenvalue weighted by Crippen LogP contribution is 2.32. The number of nitrogens with one attached hydrogen (secondary N) is 1. The first-order chi connectivity index (χ1) is 13.1. The summed E-state index contributed by atoms with van der Waals surface area (Å²) in [5.74, 6) is -0.413. The van der Waals surface area contributed by atoms with Gasteiger partial charge in [0.2, 0.25) is 11.8 Å². The van der Waals surface area contributed by atoms with Crippen LogP contribution in [-0.4, -0.2) is 29.3 Å². The Balaban J connectivity index is 1.80. The zero-order valence-electron chi connectivity index (χ0n) is 15.6. The number of fused-ring (bicyclic) bond motifs is 1. The van der Waals surface area contributed by atoms with E-state index in [9.17, 15) is 22.8 Å². The van der Waals surface area contributed by atoms with E-state index in [0.29, 0.717) is 25.1 Å². The number of hydrogen-bond donors (Lipinski definition) is 1. The van der Waals surface area contributed by atoms with Gasteiger partial charge < -0.3 is 10.2 Å². The van der Waals surface area contributed by atoms with Gasteiger partial charge in [-0.3, -0.25) is 9.59 Å². The number of nitrogens with zero attached hydrogens (tertiary/aromatic N) is 1. The van der Waals surface area contributed by atoms with Crippen LogP contribution in [0.3, 0.4) is 0 Å². The maximum absolute atomic E-state index is 12.7. The molecule has 0 unspecified atom stereocenters. The van der Waals surface area contributed by atoms with Crippen molar-refractivity contribution in [3.8, 4) is 11.1 Å². The summed E-state index contributed by atoms with van der Waals surface area (Å²) in [5, 5.41) is 2.60. The Hall–Kier alpha value is -2.83. The van der Waals surface area contributed by atoms with Crippen LogP contribution in [0.4, 0.5) is 13.2 Å². The predicted molar refractivity (Wildman–Crippen MR) is 99.3 cm³/mol. The Kier molecular flexibility index (Phi) is 5.45. The van der Waals surface area contributed by atoms with Crippen LogP contribution in [0.2, 0.25) is 0 Å². The van der Waals surface area contributed by atoms with Crippen molar-refractivity contribution in [3.05, 3.63) is 59.2 Å². The van der Waals surface area contributed by atoms with Crippen LogP contribution in [-0.2, 0) is 28.7 Å². The number of hydrogen-bond acceptors (Lipinski definition) is 2. The van der Waals surface area contributed by atoms with Gasteiger partial charge in [-0.15, -0.1) is 0 Å². The lowest BCUT2D eigenvalue weighted by atomic mass is 9.94. The molecule has 2 amide bonds. The van der Waals surface area contributed by atoms with E-state index in [-0.39, 0.29) is 11.8 Å². The van der Waals surface area contributed by atoms with E-state index in [4.69, 9.17) is 0 Å². The van der Waals surface area contributed by atoms with Crippen molar-refractivity contribution in [3.63, 3.8) is 0 Å². The molecule has 1 aliphatic heterocycles. The Bertz CT molecular complexity index is 892. The first-order valence-corrected chi connectivity index (χ1v) is 9.00. The quantitative estimate of drug-likeness (QED) is 0.867. The molecule has 1 N–H and O–H groups in total. The van der Waals surface area contributed by atoms with Crippen LogP contribution in [0.1, 0.15) is 30.5 Å². The normalized spacial score (nSPS) is 15.0. The summed E-state index contributed by atoms with van der Waals surface area (Å²) in [6, 6.07) is 10.2. The Morgan fingerprint density at radius 3 is 2.29 bits per heavy atom. The van der Waals surface area contributed by atoms with Gasteiger partial charge in [0.05, 0.1) is 5.56 Å². The zero-order chi connectivity index (χ0) is 20.5.